The van der Waals surface area contributed by atoms with E-state index in [4.69, 9.17) is 0 Å². The lowest BCUT2D eigenvalue weighted by Crippen LogP contribution is -2.30. The van der Waals surface area contributed by atoms with Gasteiger partial charge >= 0.3 is 6.18 Å². The number of nitrogens with zero attached hydrogens (tertiary/aromatic N) is 3. The molecule has 1 aromatic heterocycles. The van der Waals surface area contributed by atoms with Gasteiger partial charge in [0, 0.05) is 30.5 Å². The minimum Gasteiger partial charge on any atom is -0.332 e. The predicted octanol–water partition coefficient (Wildman–Crippen LogP) is 3.88. The van der Waals surface area contributed by atoms with Crippen LogP contribution in [0.5, 0.6) is 0 Å². The van der Waals surface area contributed by atoms with Crippen LogP contribution in [0.15, 0.2) is 30.9 Å². The predicted molar refractivity (Wildman–Crippen MR) is 82.5 cm³/mol. The summed E-state index contributed by atoms with van der Waals surface area (Å²) in [5, 5.41) is 0. The van der Waals surface area contributed by atoms with Gasteiger partial charge in [0.05, 0.1) is 17.9 Å². The molecule has 7 heteroatoms. The number of carbonyl (C=O) groups is 1. The van der Waals surface area contributed by atoms with Crippen LogP contribution in [-0.2, 0) is 12.7 Å². The maximum absolute atomic E-state index is 13.5. The van der Waals surface area contributed by atoms with Gasteiger partial charge in [0.15, 0.2) is 0 Å². The molecule has 24 heavy (non-hydrogen) atoms. The lowest BCUT2D eigenvalue weighted by Gasteiger charge is -2.20. The van der Waals surface area contributed by atoms with Gasteiger partial charge in [-0.05, 0) is 44.0 Å². The third-order valence-corrected chi connectivity index (χ3v) is 4.48. The molecule has 1 unspecified atom stereocenters. The number of amides is 1. The topological polar surface area (TPSA) is 38.1 Å². The number of halogens is 3. The highest BCUT2D eigenvalue weighted by Gasteiger charge is 2.40. The molecule has 3 rings (SSSR count). The summed E-state index contributed by atoms with van der Waals surface area (Å²) in [6.45, 7) is 5.38. The largest absolute Gasteiger partial charge is 0.416 e. The lowest BCUT2D eigenvalue weighted by atomic mass is 9.96. The van der Waals surface area contributed by atoms with Crippen molar-refractivity contribution in [1.29, 1.82) is 0 Å². The highest BCUT2D eigenvalue weighted by molar-refractivity contribution is 5.99. The van der Waals surface area contributed by atoms with E-state index in [0.29, 0.717) is 5.56 Å². The number of carbonyl (C=O) groups excluding carboxylic acids is 1. The summed E-state index contributed by atoms with van der Waals surface area (Å²) < 4.78 is 42.3. The van der Waals surface area contributed by atoms with Crippen LogP contribution < -0.4 is 0 Å². The molecule has 0 bridgehead atoms. The summed E-state index contributed by atoms with van der Waals surface area (Å²) in [7, 11) is 0. The molecule has 1 atom stereocenters. The van der Waals surface area contributed by atoms with Gasteiger partial charge in [0.2, 0.25) is 0 Å². The molecule has 2 heterocycles. The van der Waals surface area contributed by atoms with Crippen LogP contribution >= 0.6 is 0 Å². The molecule has 0 spiro atoms. The molecule has 2 aromatic rings. The maximum Gasteiger partial charge on any atom is 0.416 e. The van der Waals surface area contributed by atoms with E-state index in [0.717, 1.165) is 6.07 Å². The summed E-state index contributed by atoms with van der Waals surface area (Å²) in [5.41, 5.74) is -0.0558. The normalized spacial score (nSPS) is 16.0. The van der Waals surface area contributed by atoms with Crippen molar-refractivity contribution in [3.63, 3.8) is 0 Å². The average Bonchev–Trinajstić information content (AvgIpc) is 3.13. The fourth-order valence-corrected chi connectivity index (χ4v) is 3.03. The second-order valence-corrected chi connectivity index (χ2v) is 6.31. The number of fused-ring (bicyclic) bond motifs is 1. The van der Waals surface area contributed by atoms with Crippen LogP contribution in [0, 0.1) is 0 Å². The lowest BCUT2D eigenvalue weighted by molar-refractivity contribution is -0.138. The second kappa shape index (κ2) is 5.65. The molecular formula is C17H18F3N3O. The Bertz CT molecular complexity index is 766. The number of aromatic nitrogens is 2. The van der Waals surface area contributed by atoms with Crippen molar-refractivity contribution < 1.29 is 18.0 Å². The van der Waals surface area contributed by atoms with Crippen LogP contribution in [0.1, 0.15) is 53.9 Å². The number of alkyl halides is 3. The molecule has 1 aromatic carbocycles. The number of imidazole rings is 1. The Labute approximate surface area is 137 Å². The molecule has 0 radical (unpaired) electrons. The first-order valence-electron chi connectivity index (χ1n) is 7.72. The van der Waals surface area contributed by atoms with E-state index in [1.165, 1.54) is 4.90 Å². The molecule has 0 fully saturated rings. The molecule has 1 amide bonds. The van der Waals surface area contributed by atoms with Crippen molar-refractivity contribution in [3.05, 3.63) is 53.1 Å². The Morgan fingerprint density at radius 2 is 1.92 bits per heavy atom. The summed E-state index contributed by atoms with van der Waals surface area (Å²) in [6.07, 6.45) is 0.309. The van der Waals surface area contributed by atoms with Crippen molar-refractivity contribution in [1.82, 2.24) is 14.5 Å². The summed E-state index contributed by atoms with van der Waals surface area (Å²) >= 11 is 0. The van der Waals surface area contributed by atoms with Gasteiger partial charge in [-0.2, -0.15) is 13.2 Å². The Balaban J connectivity index is 2.14. The standard InChI is InChI=1S/C17H18F3N3O/c1-10(2)23-8-14-13(16(23)24)6-12(7-15(14)17(18,19)20)11(3)22-5-4-21-9-22/h4-7,9-11H,8H2,1-3H3. The second-order valence-electron chi connectivity index (χ2n) is 6.31. The van der Waals surface area contributed by atoms with E-state index in [-0.39, 0.29) is 35.7 Å². The van der Waals surface area contributed by atoms with Crippen molar-refractivity contribution >= 4 is 5.91 Å². The number of hydrogen-bond acceptors (Lipinski definition) is 2. The van der Waals surface area contributed by atoms with E-state index >= 15 is 0 Å². The Kier molecular flexibility index (Phi) is 3.89. The number of benzene rings is 1. The van der Waals surface area contributed by atoms with Crippen LogP contribution in [-0.4, -0.2) is 26.4 Å². The number of rotatable bonds is 3. The zero-order valence-electron chi connectivity index (χ0n) is 13.6. The van der Waals surface area contributed by atoms with Gasteiger partial charge in [-0.1, -0.05) is 0 Å². The minimum atomic E-state index is -4.50. The van der Waals surface area contributed by atoms with Gasteiger partial charge in [-0.15, -0.1) is 0 Å². The smallest absolute Gasteiger partial charge is 0.332 e. The van der Waals surface area contributed by atoms with Gasteiger partial charge in [-0.3, -0.25) is 4.79 Å². The third-order valence-electron chi connectivity index (χ3n) is 4.48. The highest BCUT2D eigenvalue weighted by atomic mass is 19.4. The Hall–Kier alpha value is -2.31. The molecular weight excluding hydrogens is 319 g/mol. The SMILES string of the molecule is CC(C)N1Cc2c(cc(C(C)n3ccnc3)cc2C(F)(F)F)C1=O. The zero-order valence-corrected chi connectivity index (χ0v) is 13.6. The van der Waals surface area contributed by atoms with E-state index in [2.05, 4.69) is 4.98 Å². The molecule has 0 saturated heterocycles. The van der Waals surface area contributed by atoms with Crippen molar-refractivity contribution in [2.24, 2.45) is 0 Å². The molecule has 0 N–H and O–H groups in total. The van der Waals surface area contributed by atoms with Crippen molar-refractivity contribution in [3.8, 4) is 0 Å². The maximum atomic E-state index is 13.5. The molecule has 4 nitrogen and oxygen atoms in total. The zero-order chi connectivity index (χ0) is 17.6. The Morgan fingerprint density at radius 1 is 1.21 bits per heavy atom. The monoisotopic (exact) mass is 337 g/mol. The van der Waals surface area contributed by atoms with Crippen LogP contribution in [0.25, 0.3) is 0 Å². The molecule has 1 aliphatic rings. The highest BCUT2D eigenvalue weighted by Crippen LogP contribution is 2.39. The molecule has 0 aliphatic carbocycles. The van der Waals surface area contributed by atoms with E-state index < -0.39 is 11.7 Å². The summed E-state index contributed by atoms with van der Waals surface area (Å²) in [5.74, 6) is -0.342. The average molecular weight is 337 g/mol. The third kappa shape index (κ3) is 2.68. The van der Waals surface area contributed by atoms with E-state index in [1.807, 2.05) is 0 Å². The minimum absolute atomic E-state index is 0.000410. The first-order valence-corrected chi connectivity index (χ1v) is 7.72. The van der Waals surface area contributed by atoms with Gasteiger partial charge < -0.3 is 9.47 Å². The summed E-state index contributed by atoms with van der Waals surface area (Å²) in [6, 6.07) is 2.24. The van der Waals surface area contributed by atoms with Crippen molar-refractivity contribution in [2.45, 2.75) is 45.6 Å². The number of hydrogen-bond donors (Lipinski definition) is 0. The van der Waals surface area contributed by atoms with E-state index in [9.17, 15) is 18.0 Å². The Morgan fingerprint density at radius 3 is 2.46 bits per heavy atom. The molecule has 128 valence electrons. The first-order chi connectivity index (χ1) is 11.2. The fraction of sp³-hybridized carbons (Fsp3) is 0.412. The van der Waals surface area contributed by atoms with Gasteiger partial charge in [0.1, 0.15) is 0 Å². The fourth-order valence-electron chi connectivity index (χ4n) is 3.03. The first kappa shape index (κ1) is 16.5. The van der Waals surface area contributed by atoms with Crippen LogP contribution in [0.2, 0.25) is 0 Å². The molecule has 0 saturated carbocycles. The van der Waals surface area contributed by atoms with Gasteiger partial charge in [-0.25, -0.2) is 4.98 Å². The molecule has 1 aliphatic heterocycles. The van der Waals surface area contributed by atoms with Gasteiger partial charge in [0.25, 0.3) is 5.91 Å². The van der Waals surface area contributed by atoms with Crippen LogP contribution in [0.3, 0.4) is 0 Å². The van der Waals surface area contributed by atoms with E-state index in [1.54, 1.807) is 50.1 Å². The van der Waals surface area contributed by atoms with Crippen molar-refractivity contribution in [2.75, 3.05) is 0 Å². The van der Waals surface area contributed by atoms with Crippen LogP contribution in [0.4, 0.5) is 13.2 Å². The summed E-state index contributed by atoms with van der Waals surface area (Å²) in [4.78, 5) is 17.9. The quantitative estimate of drug-likeness (QED) is 0.853.